The third kappa shape index (κ3) is 3.12. The van der Waals surface area contributed by atoms with Crippen LogP contribution < -0.4 is 5.73 Å². The van der Waals surface area contributed by atoms with E-state index in [4.69, 9.17) is 5.73 Å². The molecule has 0 aliphatic rings. The van der Waals surface area contributed by atoms with Gasteiger partial charge in [-0.05, 0) is 0 Å². The largest absolute Gasteiger partial charge is 0.483 e. The second-order valence-electron chi connectivity index (χ2n) is 2.31. The summed E-state index contributed by atoms with van der Waals surface area (Å²) in [6.07, 6.45) is 1.30. The molecule has 3 heteroatoms. The summed E-state index contributed by atoms with van der Waals surface area (Å²) >= 11 is 0. The molecule has 0 aromatic carbocycles. The smallest absolute Gasteiger partial charge is 0.187 e. The molecule has 0 fully saturated rings. The predicted octanol–water partition coefficient (Wildman–Crippen LogP) is 0.658. The molecule has 2 N–H and O–H groups in total. The fourth-order valence-corrected chi connectivity index (χ4v) is 0.366. The summed E-state index contributed by atoms with van der Waals surface area (Å²) in [6.45, 7) is 3.61. The molecule has 0 amide bonds. The highest BCUT2D eigenvalue weighted by Gasteiger charge is 2.03. The van der Waals surface area contributed by atoms with E-state index in [2.05, 4.69) is 4.74 Å². The van der Waals surface area contributed by atoms with Gasteiger partial charge in [0.15, 0.2) is 11.7 Å². The Hall–Kier alpha value is -0.990. The van der Waals surface area contributed by atoms with Crippen molar-refractivity contribution < 1.29 is 9.53 Å². The van der Waals surface area contributed by atoms with Gasteiger partial charge >= 0.3 is 0 Å². The van der Waals surface area contributed by atoms with Crippen LogP contribution in [0.1, 0.15) is 13.8 Å². The van der Waals surface area contributed by atoms with E-state index >= 15 is 0 Å². The molecule has 0 rings (SSSR count). The van der Waals surface area contributed by atoms with Gasteiger partial charge in [-0.15, -0.1) is 0 Å². The van der Waals surface area contributed by atoms with E-state index in [-0.39, 0.29) is 17.6 Å². The van der Waals surface area contributed by atoms with Crippen LogP contribution in [-0.4, -0.2) is 12.9 Å². The Morgan fingerprint density at radius 2 is 2.10 bits per heavy atom. The Bertz CT molecular complexity index is 150. The van der Waals surface area contributed by atoms with Crippen LogP contribution in [0.5, 0.6) is 0 Å². The zero-order valence-corrected chi connectivity index (χ0v) is 6.55. The van der Waals surface area contributed by atoms with E-state index < -0.39 is 0 Å². The van der Waals surface area contributed by atoms with Crippen molar-refractivity contribution in [3.8, 4) is 0 Å². The van der Waals surface area contributed by atoms with E-state index in [0.717, 1.165) is 0 Å². The van der Waals surface area contributed by atoms with Gasteiger partial charge in [0.1, 0.15) is 0 Å². The first-order valence-electron chi connectivity index (χ1n) is 3.13. The Labute approximate surface area is 60.9 Å². The van der Waals surface area contributed by atoms with Crippen molar-refractivity contribution in [2.24, 2.45) is 11.7 Å². The van der Waals surface area contributed by atoms with Gasteiger partial charge in [0.05, 0.1) is 7.11 Å². The van der Waals surface area contributed by atoms with E-state index in [1.54, 1.807) is 0 Å². The molecule has 0 aromatic heterocycles. The lowest BCUT2D eigenvalue weighted by atomic mass is 10.1. The average molecular weight is 143 g/mol. The quantitative estimate of drug-likeness (QED) is 0.466. The highest BCUT2D eigenvalue weighted by molar-refractivity contribution is 5.91. The number of methoxy groups -OCH3 is 1. The highest BCUT2D eigenvalue weighted by atomic mass is 16.5. The minimum atomic E-state index is -0.0197. The van der Waals surface area contributed by atoms with Crippen LogP contribution >= 0.6 is 0 Å². The first kappa shape index (κ1) is 9.01. The van der Waals surface area contributed by atoms with Gasteiger partial charge in [-0.1, -0.05) is 13.8 Å². The summed E-state index contributed by atoms with van der Waals surface area (Å²) in [6, 6.07) is 0. The Balaban J connectivity index is 4.00. The third-order valence-corrected chi connectivity index (χ3v) is 1.09. The van der Waals surface area contributed by atoms with Crippen molar-refractivity contribution >= 4 is 5.78 Å². The van der Waals surface area contributed by atoms with Crippen molar-refractivity contribution in [1.29, 1.82) is 0 Å². The number of nitrogens with two attached hydrogens (primary N) is 1. The van der Waals surface area contributed by atoms with E-state index in [1.165, 1.54) is 13.2 Å². The number of carbonyl (C=O) groups is 1. The van der Waals surface area contributed by atoms with Gasteiger partial charge in [-0.2, -0.15) is 0 Å². The zero-order valence-electron chi connectivity index (χ0n) is 6.55. The number of hydrogen-bond donors (Lipinski definition) is 1. The minimum absolute atomic E-state index is 0.0145. The van der Waals surface area contributed by atoms with Crippen molar-refractivity contribution in [1.82, 2.24) is 0 Å². The van der Waals surface area contributed by atoms with Crippen LogP contribution in [-0.2, 0) is 9.53 Å². The molecule has 0 saturated heterocycles. The molecule has 0 spiro atoms. The fraction of sp³-hybridized carbons (Fsp3) is 0.571. The number of allylic oxidation sites excluding steroid dienone is 1. The van der Waals surface area contributed by atoms with Crippen molar-refractivity contribution in [2.45, 2.75) is 13.8 Å². The van der Waals surface area contributed by atoms with Crippen LogP contribution in [0.2, 0.25) is 0 Å². The van der Waals surface area contributed by atoms with Gasteiger partial charge < -0.3 is 10.5 Å². The lowest BCUT2D eigenvalue weighted by Crippen LogP contribution is -2.08. The zero-order chi connectivity index (χ0) is 8.15. The maximum Gasteiger partial charge on any atom is 0.187 e. The molecule has 0 aliphatic heterocycles. The molecular weight excluding hydrogens is 130 g/mol. The topological polar surface area (TPSA) is 52.3 Å². The monoisotopic (exact) mass is 143 g/mol. The molecule has 0 saturated carbocycles. The number of hydrogen-bond acceptors (Lipinski definition) is 3. The second-order valence-corrected chi connectivity index (χ2v) is 2.31. The summed E-state index contributed by atoms with van der Waals surface area (Å²) < 4.78 is 4.59. The van der Waals surface area contributed by atoms with Gasteiger partial charge in [-0.3, -0.25) is 4.79 Å². The minimum Gasteiger partial charge on any atom is -0.483 e. The summed E-state index contributed by atoms with van der Waals surface area (Å²) in [4.78, 5) is 10.9. The first-order chi connectivity index (χ1) is 4.57. The number of rotatable bonds is 3. The molecule has 0 unspecified atom stereocenters. The lowest BCUT2D eigenvalue weighted by molar-refractivity contribution is -0.117. The SMILES string of the molecule is CO/C(N)=C/C(=O)C(C)C. The van der Waals surface area contributed by atoms with Crippen molar-refractivity contribution in [3.05, 3.63) is 12.0 Å². The fourth-order valence-electron chi connectivity index (χ4n) is 0.366. The Morgan fingerprint density at radius 1 is 1.60 bits per heavy atom. The molecule has 0 aromatic rings. The van der Waals surface area contributed by atoms with E-state index in [0.29, 0.717) is 0 Å². The Morgan fingerprint density at radius 3 is 2.40 bits per heavy atom. The van der Waals surface area contributed by atoms with Crippen molar-refractivity contribution in [3.63, 3.8) is 0 Å². The number of ketones is 1. The molecule has 0 heterocycles. The molecule has 0 aliphatic carbocycles. The van der Waals surface area contributed by atoms with E-state index in [9.17, 15) is 4.79 Å². The van der Waals surface area contributed by atoms with Crippen LogP contribution in [0.15, 0.2) is 12.0 Å². The first-order valence-corrected chi connectivity index (χ1v) is 3.13. The van der Waals surface area contributed by atoms with Crippen LogP contribution in [0.3, 0.4) is 0 Å². The van der Waals surface area contributed by atoms with Crippen LogP contribution in [0.25, 0.3) is 0 Å². The lowest BCUT2D eigenvalue weighted by Gasteiger charge is -1.99. The van der Waals surface area contributed by atoms with Crippen LogP contribution in [0.4, 0.5) is 0 Å². The maximum atomic E-state index is 10.9. The molecular formula is C7H13NO2. The highest BCUT2D eigenvalue weighted by Crippen LogP contribution is 1.96. The van der Waals surface area contributed by atoms with Crippen molar-refractivity contribution in [2.75, 3.05) is 7.11 Å². The van der Waals surface area contributed by atoms with Gasteiger partial charge in [0, 0.05) is 12.0 Å². The molecule has 0 atom stereocenters. The van der Waals surface area contributed by atoms with Gasteiger partial charge in [0.2, 0.25) is 0 Å². The van der Waals surface area contributed by atoms with Crippen LogP contribution in [0, 0.1) is 5.92 Å². The standard InChI is InChI=1S/C7H13NO2/c1-5(2)6(9)4-7(8)10-3/h4-5H,8H2,1-3H3/b7-4+. The maximum absolute atomic E-state index is 10.9. The normalized spacial score (nSPS) is 11.8. The number of carbonyl (C=O) groups excluding carboxylic acids is 1. The average Bonchev–Trinajstić information content (AvgIpc) is 1.87. The van der Waals surface area contributed by atoms with E-state index in [1.807, 2.05) is 13.8 Å². The van der Waals surface area contributed by atoms with Gasteiger partial charge in [0.25, 0.3) is 0 Å². The molecule has 10 heavy (non-hydrogen) atoms. The summed E-state index contributed by atoms with van der Waals surface area (Å²) in [5.74, 6) is 0.131. The summed E-state index contributed by atoms with van der Waals surface area (Å²) in [5, 5.41) is 0. The second kappa shape index (κ2) is 3.93. The van der Waals surface area contributed by atoms with Gasteiger partial charge in [-0.25, -0.2) is 0 Å². The molecule has 3 nitrogen and oxygen atoms in total. The summed E-state index contributed by atoms with van der Waals surface area (Å²) in [7, 11) is 1.43. The summed E-state index contributed by atoms with van der Waals surface area (Å²) in [5.41, 5.74) is 5.23. The molecule has 58 valence electrons. The number of ether oxygens (including phenoxy) is 1. The molecule has 0 radical (unpaired) electrons. The third-order valence-electron chi connectivity index (χ3n) is 1.09. The Kier molecular flexibility index (Phi) is 3.54. The predicted molar refractivity (Wildman–Crippen MR) is 39.1 cm³/mol. The molecule has 0 bridgehead atoms.